The topological polar surface area (TPSA) is 78.5 Å². The van der Waals surface area contributed by atoms with Crippen molar-refractivity contribution in [2.75, 3.05) is 6.54 Å². The molecule has 1 saturated heterocycles. The predicted octanol–water partition coefficient (Wildman–Crippen LogP) is 3.08. The minimum Gasteiger partial charge on any atom is -0.350 e. The number of rotatable bonds is 5. The zero-order chi connectivity index (χ0) is 19.6. The van der Waals surface area contributed by atoms with E-state index in [1.165, 1.54) is 0 Å². The van der Waals surface area contributed by atoms with E-state index in [2.05, 4.69) is 10.6 Å². The van der Waals surface area contributed by atoms with Gasteiger partial charge < -0.3 is 10.6 Å². The van der Waals surface area contributed by atoms with E-state index in [-0.39, 0.29) is 6.54 Å². The summed E-state index contributed by atoms with van der Waals surface area (Å²) in [5.41, 5.74) is -0.104. The molecule has 2 aromatic carbocycles. The molecule has 0 spiro atoms. The number of hydrogen-bond donors (Lipinski definition) is 2. The van der Waals surface area contributed by atoms with E-state index in [4.69, 9.17) is 23.2 Å². The molecule has 1 fully saturated rings. The lowest BCUT2D eigenvalue weighted by Crippen LogP contribution is -2.43. The molecule has 27 heavy (non-hydrogen) atoms. The lowest BCUT2D eigenvalue weighted by Gasteiger charge is -2.23. The van der Waals surface area contributed by atoms with Crippen molar-refractivity contribution in [1.82, 2.24) is 15.5 Å². The van der Waals surface area contributed by atoms with E-state index in [1.54, 1.807) is 55.5 Å². The van der Waals surface area contributed by atoms with Gasteiger partial charge in [-0.1, -0.05) is 59.6 Å². The fourth-order valence-corrected chi connectivity index (χ4v) is 3.45. The van der Waals surface area contributed by atoms with Crippen LogP contribution in [-0.2, 0) is 21.7 Å². The molecule has 4 amide bonds. The van der Waals surface area contributed by atoms with Gasteiger partial charge in [-0.3, -0.25) is 14.5 Å². The highest BCUT2D eigenvalue weighted by Gasteiger charge is 2.50. The zero-order valence-corrected chi connectivity index (χ0v) is 16.0. The molecule has 1 atom stereocenters. The fourth-order valence-electron chi connectivity index (χ4n) is 2.92. The molecule has 6 nitrogen and oxygen atoms in total. The molecule has 1 aliphatic heterocycles. The minimum atomic E-state index is -1.32. The average molecular weight is 406 g/mol. The summed E-state index contributed by atoms with van der Waals surface area (Å²) in [6.07, 6.45) is 0. The highest BCUT2D eigenvalue weighted by Crippen LogP contribution is 2.33. The van der Waals surface area contributed by atoms with Crippen LogP contribution in [0, 0.1) is 0 Å². The van der Waals surface area contributed by atoms with Gasteiger partial charge in [0.15, 0.2) is 0 Å². The maximum atomic E-state index is 12.8. The smallest absolute Gasteiger partial charge is 0.325 e. The predicted molar refractivity (Wildman–Crippen MR) is 102 cm³/mol. The average Bonchev–Trinajstić information content (AvgIpc) is 2.85. The summed E-state index contributed by atoms with van der Waals surface area (Å²) in [5.74, 6) is -1.00. The van der Waals surface area contributed by atoms with Crippen LogP contribution < -0.4 is 10.6 Å². The number of carbonyl (C=O) groups is 3. The number of urea groups is 1. The molecule has 2 aromatic rings. The second kappa shape index (κ2) is 7.58. The maximum Gasteiger partial charge on any atom is 0.325 e. The molecule has 0 aliphatic carbocycles. The molecule has 0 radical (unpaired) electrons. The summed E-state index contributed by atoms with van der Waals surface area (Å²) in [6, 6.07) is 13.2. The normalized spacial score (nSPS) is 19.1. The van der Waals surface area contributed by atoms with E-state index in [0.29, 0.717) is 15.6 Å². The maximum absolute atomic E-state index is 12.8. The van der Waals surface area contributed by atoms with Crippen molar-refractivity contribution < 1.29 is 14.4 Å². The van der Waals surface area contributed by atoms with Crippen LogP contribution in [0.15, 0.2) is 48.5 Å². The van der Waals surface area contributed by atoms with Crippen LogP contribution in [0.2, 0.25) is 10.0 Å². The fraction of sp³-hybridized carbons (Fsp3) is 0.211. The zero-order valence-electron chi connectivity index (χ0n) is 14.5. The highest BCUT2D eigenvalue weighted by atomic mass is 35.5. The molecule has 0 aromatic heterocycles. The van der Waals surface area contributed by atoms with Gasteiger partial charge in [0.05, 0.1) is 0 Å². The van der Waals surface area contributed by atoms with Crippen LogP contribution in [0.5, 0.6) is 0 Å². The molecule has 0 saturated carbocycles. The molecular formula is C19H17Cl2N3O3. The summed E-state index contributed by atoms with van der Waals surface area (Å²) in [6.45, 7) is 1.37. The molecule has 1 aliphatic rings. The molecule has 1 unspecified atom stereocenters. The van der Waals surface area contributed by atoms with E-state index in [1.807, 2.05) is 0 Å². The first kappa shape index (κ1) is 19.2. The Morgan fingerprint density at radius 2 is 1.70 bits per heavy atom. The van der Waals surface area contributed by atoms with Gasteiger partial charge in [-0.2, -0.15) is 0 Å². The van der Waals surface area contributed by atoms with Gasteiger partial charge in [0.25, 0.3) is 5.91 Å². The first-order valence-corrected chi connectivity index (χ1v) is 8.98. The number of benzene rings is 2. The Bertz CT molecular complexity index is 919. The number of nitrogens with zero attached hydrogens (tertiary/aromatic N) is 1. The van der Waals surface area contributed by atoms with Crippen LogP contribution in [0.4, 0.5) is 4.79 Å². The number of nitrogens with one attached hydrogen (secondary N) is 2. The summed E-state index contributed by atoms with van der Waals surface area (Å²) in [4.78, 5) is 38.3. The number of hydrogen-bond acceptors (Lipinski definition) is 3. The quantitative estimate of drug-likeness (QED) is 0.750. The van der Waals surface area contributed by atoms with E-state index >= 15 is 0 Å². The van der Waals surface area contributed by atoms with Crippen LogP contribution in [0.1, 0.15) is 18.1 Å². The van der Waals surface area contributed by atoms with Crippen molar-refractivity contribution >= 4 is 41.0 Å². The first-order valence-electron chi connectivity index (χ1n) is 8.22. The summed E-state index contributed by atoms with van der Waals surface area (Å²) < 4.78 is 0. The Morgan fingerprint density at radius 3 is 2.37 bits per heavy atom. The van der Waals surface area contributed by atoms with E-state index in [0.717, 1.165) is 10.5 Å². The van der Waals surface area contributed by atoms with Crippen LogP contribution >= 0.6 is 23.2 Å². The number of carbonyl (C=O) groups excluding carboxylic acids is 3. The Hall–Kier alpha value is -2.57. The summed E-state index contributed by atoms with van der Waals surface area (Å²) in [5, 5.41) is 6.18. The lowest BCUT2D eigenvalue weighted by molar-refractivity contribution is -0.134. The van der Waals surface area contributed by atoms with Crippen molar-refractivity contribution in [3.63, 3.8) is 0 Å². The lowest BCUT2D eigenvalue weighted by atomic mass is 9.92. The van der Waals surface area contributed by atoms with Crippen LogP contribution in [0.25, 0.3) is 0 Å². The van der Waals surface area contributed by atoms with Crippen molar-refractivity contribution in [3.05, 3.63) is 69.7 Å². The third-order valence-corrected chi connectivity index (χ3v) is 5.12. The van der Waals surface area contributed by atoms with Crippen molar-refractivity contribution in [2.45, 2.75) is 19.0 Å². The number of imide groups is 1. The van der Waals surface area contributed by atoms with Gasteiger partial charge in [-0.05, 0) is 24.6 Å². The Morgan fingerprint density at radius 1 is 1.07 bits per heavy atom. The van der Waals surface area contributed by atoms with Crippen LogP contribution in [-0.4, -0.2) is 29.3 Å². The monoisotopic (exact) mass is 405 g/mol. The number of amides is 4. The second-order valence-corrected chi connectivity index (χ2v) is 7.11. The van der Waals surface area contributed by atoms with Crippen molar-refractivity contribution in [1.29, 1.82) is 0 Å². The second-order valence-electron chi connectivity index (χ2n) is 6.29. The minimum absolute atomic E-state index is 0.198. The first-order chi connectivity index (χ1) is 12.8. The molecular weight excluding hydrogens is 389 g/mol. The van der Waals surface area contributed by atoms with Gasteiger partial charge >= 0.3 is 6.03 Å². The molecule has 1 heterocycles. The van der Waals surface area contributed by atoms with E-state index in [9.17, 15) is 14.4 Å². The SMILES string of the molecule is CC1(c2ccccc2Cl)NC(=O)N(CC(=O)NCc2ccccc2Cl)C1=O. The molecule has 3 rings (SSSR count). The van der Waals surface area contributed by atoms with Gasteiger partial charge in [-0.25, -0.2) is 4.79 Å². The third-order valence-electron chi connectivity index (χ3n) is 4.42. The largest absolute Gasteiger partial charge is 0.350 e. The molecule has 8 heteroatoms. The Kier molecular flexibility index (Phi) is 5.39. The van der Waals surface area contributed by atoms with Gasteiger partial charge in [0, 0.05) is 22.2 Å². The van der Waals surface area contributed by atoms with Crippen molar-refractivity contribution in [3.8, 4) is 0 Å². The molecule has 0 bridgehead atoms. The molecule has 140 valence electrons. The summed E-state index contributed by atoms with van der Waals surface area (Å²) >= 11 is 12.2. The third kappa shape index (κ3) is 3.77. The van der Waals surface area contributed by atoms with Crippen molar-refractivity contribution in [2.24, 2.45) is 0 Å². The Labute approximate surface area is 166 Å². The van der Waals surface area contributed by atoms with Gasteiger partial charge in [-0.15, -0.1) is 0 Å². The van der Waals surface area contributed by atoms with E-state index < -0.39 is 29.9 Å². The van der Waals surface area contributed by atoms with Gasteiger partial charge in [0.2, 0.25) is 5.91 Å². The highest BCUT2D eigenvalue weighted by molar-refractivity contribution is 6.32. The standard InChI is InChI=1S/C19H17Cl2N3O3/c1-19(13-7-3-5-9-15(13)21)17(26)24(18(27)23-19)11-16(25)22-10-12-6-2-4-8-14(12)20/h2-9H,10-11H2,1H3,(H,22,25)(H,23,27). The molecule has 2 N–H and O–H groups in total. The van der Waals surface area contributed by atoms with Gasteiger partial charge in [0.1, 0.15) is 12.1 Å². The van der Waals surface area contributed by atoms with Crippen LogP contribution in [0.3, 0.4) is 0 Å². The number of halogens is 2. The summed E-state index contributed by atoms with van der Waals surface area (Å²) in [7, 11) is 0. The Balaban J connectivity index is 1.70.